The summed E-state index contributed by atoms with van der Waals surface area (Å²) in [6, 6.07) is 7.19. The minimum Gasteiger partial charge on any atom is -0.398 e. The minimum absolute atomic E-state index is 0. The number of imide groups is 1. The Morgan fingerprint density at radius 2 is 1.95 bits per heavy atom. The van der Waals surface area contributed by atoms with Crippen LogP contribution in [0.5, 0.6) is 0 Å². The first kappa shape index (κ1) is 18.1. The van der Waals surface area contributed by atoms with Gasteiger partial charge in [0, 0.05) is 18.7 Å². The fourth-order valence-corrected chi connectivity index (χ4v) is 1.82. The van der Waals surface area contributed by atoms with Gasteiger partial charge in [0.2, 0.25) is 11.8 Å². The van der Waals surface area contributed by atoms with Crippen LogP contribution >= 0.6 is 0 Å². The smallest absolute Gasteiger partial charge is 0.243 e. The van der Waals surface area contributed by atoms with Crippen LogP contribution in [-0.2, 0) is 16.1 Å². The lowest BCUT2D eigenvalue weighted by Crippen LogP contribution is -2.50. The molecule has 1 atom stereocenters. The van der Waals surface area contributed by atoms with E-state index >= 15 is 0 Å². The fraction of sp³-hybridized carbons (Fsp3) is 0.467. The van der Waals surface area contributed by atoms with Crippen molar-refractivity contribution in [1.82, 2.24) is 10.6 Å². The van der Waals surface area contributed by atoms with E-state index in [0.717, 1.165) is 5.56 Å². The quantitative estimate of drug-likeness (QED) is 0.582. The molecule has 5 nitrogen and oxygen atoms in total. The van der Waals surface area contributed by atoms with Crippen molar-refractivity contribution in [3.63, 3.8) is 0 Å². The number of anilines is 1. The Morgan fingerprint density at radius 3 is 2.55 bits per heavy atom. The first-order chi connectivity index (χ1) is 9.16. The van der Waals surface area contributed by atoms with Gasteiger partial charge in [0.25, 0.3) is 0 Å². The van der Waals surface area contributed by atoms with Gasteiger partial charge in [0.05, 0.1) is 6.04 Å². The number of rotatable bonds is 3. The zero-order valence-electron chi connectivity index (χ0n) is 11.4. The van der Waals surface area contributed by atoms with Crippen LogP contribution in [0.25, 0.3) is 0 Å². The summed E-state index contributed by atoms with van der Waals surface area (Å²) >= 11 is 0. The van der Waals surface area contributed by atoms with Crippen LogP contribution in [0, 0.1) is 0 Å². The average molecular weight is 279 g/mol. The Kier molecular flexibility index (Phi) is 8.24. The molecule has 0 spiro atoms. The molecule has 112 valence electrons. The van der Waals surface area contributed by atoms with Crippen molar-refractivity contribution in [2.75, 3.05) is 5.73 Å². The summed E-state index contributed by atoms with van der Waals surface area (Å²) in [5, 5.41) is 5.41. The number of nitrogens with one attached hydrogen (secondary N) is 2. The van der Waals surface area contributed by atoms with E-state index in [-0.39, 0.29) is 25.3 Å². The van der Waals surface area contributed by atoms with Crippen molar-refractivity contribution >= 4 is 17.5 Å². The summed E-state index contributed by atoms with van der Waals surface area (Å²) in [6.07, 6.45) is 0.922. The lowest BCUT2D eigenvalue weighted by Gasteiger charge is -2.22. The molecule has 0 radical (unpaired) electrons. The Bertz CT molecular complexity index is 446. The third-order valence-electron chi connectivity index (χ3n) is 2.83. The number of amides is 2. The molecule has 0 aromatic heterocycles. The largest absolute Gasteiger partial charge is 0.398 e. The number of hydrogen-bond donors (Lipinski definition) is 3. The molecule has 20 heavy (non-hydrogen) atoms. The average Bonchev–Trinajstić information content (AvgIpc) is 2.42. The second kappa shape index (κ2) is 9.09. The highest BCUT2D eigenvalue weighted by Crippen LogP contribution is 2.11. The molecule has 1 aliphatic heterocycles. The van der Waals surface area contributed by atoms with Gasteiger partial charge in [0.1, 0.15) is 0 Å². The van der Waals surface area contributed by atoms with Gasteiger partial charge >= 0.3 is 0 Å². The van der Waals surface area contributed by atoms with Gasteiger partial charge in [-0.2, -0.15) is 0 Å². The Morgan fingerprint density at radius 1 is 1.30 bits per heavy atom. The van der Waals surface area contributed by atoms with Crippen LogP contribution in [0.3, 0.4) is 0 Å². The van der Waals surface area contributed by atoms with Crippen molar-refractivity contribution in [3.05, 3.63) is 29.8 Å². The predicted octanol–water partition coefficient (Wildman–Crippen LogP) is 1.83. The highest BCUT2D eigenvalue weighted by Gasteiger charge is 2.25. The van der Waals surface area contributed by atoms with Gasteiger partial charge in [-0.25, -0.2) is 0 Å². The number of nitrogens with two attached hydrogens (primary N) is 1. The normalized spacial score (nSPS) is 17.4. The van der Waals surface area contributed by atoms with Gasteiger partial charge in [0.15, 0.2) is 0 Å². The van der Waals surface area contributed by atoms with E-state index in [2.05, 4.69) is 10.6 Å². The van der Waals surface area contributed by atoms with Crippen LogP contribution in [0.2, 0.25) is 0 Å². The molecule has 1 heterocycles. The number of piperidine rings is 1. The molecule has 1 fully saturated rings. The topological polar surface area (TPSA) is 84.2 Å². The van der Waals surface area contributed by atoms with E-state index in [0.29, 0.717) is 25.1 Å². The summed E-state index contributed by atoms with van der Waals surface area (Å²) < 4.78 is 0. The van der Waals surface area contributed by atoms with Crippen LogP contribution in [0.4, 0.5) is 5.69 Å². The highest BCUT2D eigenvalue weighted by molar-refractivity contribution is 6.00. The van der Waals surface area contributed by atoms with Crippen molar-refractivity contribution < 1.29 is 9.59 Å². The van der Waals surface area contributed by atoms with E-state index < -0.39 is 0 Å². The van der Waals surface area contributed by atoms with Gasteiger partial charge in [-0.1, -0.05) is 39.5 Å². The molecule has 2 rings (SSSR count). The van der Waals surface area contributed by atoms with Crippen LogP contribution in [-0.4, -0.2) is 17.9 Å². The van der Waals surface area contributed by atoms with Gasteiger partial charge in [-0.3, -0.25) is 14.9 Å². The van der Waals surface area contributed by atoms with E-state index in [1.807, 2.05) is 38.1 Å². The van der Waals surface area contributed by atoms with Crippen LogP contribution in [0.15, 0.2) is 24.3 Å². The fourth-order valence-electron chi connectivity index (χ4n) is 1.82. The molecule has 1 unspecified atom stereocenters. The number of hydrogen-bond acceptors (Lipinski definition) is 4. The Balaban J connectivity index is 0.00000115. The molecule has 5 heteroatoms. The first-order valence-corrected chi connectivity index (χ1v) is 6.57. The van der Waals surface area contributed by atoms with Crippen molar-refractivity contribution in [3.8, 4) is 0 Å². The van der Waals surface area contributed by atoms with E-state index in [4.69, 9.17) is 5.73 Å². The third kappa shape index (κ3) is 5.01. The maximum absolute atomic E-state index is 11.5. The SMILES string of the molecule is C.CC.Nc1ccccc1CNC1CCC(=O)NC1=O. The minimum atomic E-state index is -0.313. The monoisotopic (exact) mass is 279 g/mol. The lowest BCUT2D eigenvalue weighted by atomic mass is 10.1. The van der Waals surface area contributed by atoms with Crippen molar-refractivity contribution in [2.45, 2.75) is 46.7 Å². The molecule has 1 aromatic rings. The summed E-state index contributed by atoms with van der Waals surface area (Å²) in [7, 11) is 0. The zero-order chi connectivity index (χ0) is 14.3. The number of nitrogen functional groups attached to an aromatic ring is 1. The first-order valence-electron chi connectivity index (χ1n) is 6.57. The zero-order valence-corrected chi connectivity index (χ0v) is 11.4. The standard InChI is InChI=1S/C12H15N3O2.C2H6.CH4/c13-9-4-2-1-3-8(9)7-14-10-5-6-11(16)15-12(10)17;1-2;/h1-4,10,14H,5-7,13H2,(H,15,16,17);1-2H3;1H4. The molecule has 1 aliphatic rings. The molecular weight excluding hydrogens is 254 g/mol. The molecular formula is C15H25N3O2. The summed E-state index contributed by atoms with van der Waals surface area (Å²) in [6.45, 7) is 4.53. The second-order valence-corrected chi connectivity index (χ2v) is 4.08. The second-order valence-electron chi connectivity index (χ2n) is 4.08. The van der Waals surface area contributed by atoms with Gasteiger partial charge < -0.3 is 11.1 Å². The molecule has 1 aromatic carbocycles. The Labute approximate surface area is 120 Å². The van der Waals surface area contributed by atoms with E-state index in [9.17, 15) is 9.59 Å². The summed E-state index contributed by atoms with van der Waals surface area (Å²) in [4.78, 5) is 22.5. The van der Waals surface area contributed by atoms with Crippen LogP contribution in [0.1, 0.15) is 39.7 Å². The molecule has 0 bridgehead atoms. The third-order valence-corrected chi connectivity index (χ3v) is 2.83. The summed E-state index contributed by atoms with van der Waals surface area (Å²) in [5.41, 5.74) is 7.46. The molecule has 0 aliphatic carbocycles. The molecule has 0 saturated carbocycles. The Hall–Kier alpha value is -1.88. The summed E-state index contributed by atoms with van der Waals surface area (Å²) in [5.74, 6) is -0.456. The number of carbonyl (C=O) groups excluding carboxylic acids is 2. The molecule has 2 amide bonds. The number of para-hydroxylation sites is 1. The van der Waals surface area contributed by atoms with Crippen molar-refractivity contribution in [2.24, 2.45) is 0 Å². The lowest BCUT2D eigenvalue weighted by molar-refractivity contribution is -0.134. The maximum atomic E-state index is 11.5. The number of carbonyl (C=O) groups is 2. The number of benzene rings is 1. The van der Waals surface area contributed by atoms with E-state index in [1.165, 1.54) is 0 Å². The van der Waals surface area contributed by atoms with Gasteiger partial charge in [-0.05, 0) is 18.1 Å². The molecule has 4 N–H and O–H groups in total. The molecule has 1 saturated heterocycles. The predicted molar refractivity (Wildman–Crippen MR) is 81.9 cm³/mol. The van der Waals surface area contributed by atoms with Crippen LogP contribution < -0.4 is 16.4 Å². The van der Waals surface area contributed by atoms with E-state index in [1.54, 1.807) is 0 Å². The van der Waals surface area contributed by atoms with Crippen molar-refractivity contribution in [1.29, 1.82) is 0 Å². The highest BCUT2D eigenvalue weighted by atomic mass is 16.2. The van der Waals surface area contributed by atoms with Gasteiger partial charge in [-0.15, -0.1) is 0 Å². The maximum Gasteiger partial charge on any atom is 0.243 e.